The molecular formula is C20H18O5. The zero-order valence-corrected chi connectivity index (χ0v) is 14.1. The molecule has 0 radical (unpaired) electrons. The third-order valence-corrected chi connectivity index (χ3v) is 4.06. The lowest BCUT2D eigenvalue weighted by molar-refractivity contribution is -0.144. The fraction of sp³-hybridized carbons (Fsp3) is 0.250. The molecule has 0 fully saturated rings. The van der Waals surface area contributed by atoms with Gasteiger partial charge in [0.25, 0.3) is 0 Å². The van der Waals surface area contributed by atoms with Crippen LogP contribution in [0.5, 0.6) is 5.75 Å². The van der Waals surface area contributed by atoms with Gasteiger partial charge in [-0.05, 0) is 30.7 Å². The molecule has 0 spiro atoms. The van der Waals surface area contributed by atoms with E-state index in [1.54, 1.807) is 19.1 Å². The molecular weight excluding hydrogens is 320 g/mol. The van der Waals surface area contributed by atoms with E-state index in [-0.39, 0.29) is 17.5 Å². The minimum atomic E-state index is -1.37. The summed E-state index contributed by atoms with van der Waals surface area (Å²) in [4.78, 5) is 36.0. The minimum Gasteiger partial charge on any atom is -0.489 e. The Morgan fingerprint density at radius 2 is 1.68 bits per heavy atom. The summed E-state index contributed by atoms with van der Waals surface area (Å²) in [5.41, 5.74) is 2.67. The van der Waals surface area contributed by atoms with Crippen LogP contribution in [-0.2, 0) is 16.1 Å². The summed E-state index contributed by atoms with van der Waals surface area (Å²) in [6.45, 7) is 3.97. The molecule has 2 aromatic carbocycles. The first-order chi connectivity index (χ1) is 12.0. The van der Waals surface area contributed by atoms with Gasteiger partial charge >= 0.3 is 5.97 Å². The van der Waals surface area contributed by atoms with Crippen molar-refractivity contribution >= 4 is 17.5 Å². The first-order valence-electron chi connectivity index (χ1n) is 8.10. The predicted molar refractivity (Wildman–Crippen MR) is 90.8 cm³/mol. The van der Waals surface area contributed by atoms with Crippen LogP contribution in [-0.4, -0.2) is 23.6 Å². The zero-order chi connectivity index (χ0) is 18.0. The SMILES string of the molecule is CCC(=O)OC1C(=O)c2ccc(OCc3ccc(C)cc3)cc2C1=O. The van der Waals surface area contributed by atoms with E-state index in [4.69, 9.17) is 9.47 Å². The van der Waals surface area contributed by atoms with Crippen LogP contribution < -0.4 is 4.74 Å². The molecule has 128 valence electrons. The number of benzene rings is 2. The lowest BCUT2D eigenvalue weighted by atomic mass is 10.1. The van der Waals surface area contributed by atoms with Crippen molar-refractivity contribution in [2.75, 3.05) is 0 Å². The fourth-order valence-corrected chi connectivity index (χ4v) is 2.61. The Morgan fingerprint density at radius 1 is 1.00 bits per heavy atom. The number of esters is 1. The monoisotopic (exact) mass is 338 g/mol. The van der Waals surface area contributed by atoms with Crippen LogP contribution >= 0.6 is 0 Å². The first-order valence-corrected chi connectivity index (χ1v) is 8.10. The Labute approximate surface area is 145 Å². The first kappa shape index (κ1) is 16.9. The molecule has 0 saturated heterocycles. The van der Waals surface area contributed by atoms with Gasteiger partial charge in [-0.15, -0.1) is 0 Å². The van der Waals surface area contributed by atoms with Crippen LogP contribution in [0.4, 0.5) is 0 Å². The Kier molecular flexibility index (Phi) is 4.65. The van der Waals surface area contributed by atoms with Gasteiger partial charge in [0.05, 0.1) is 0 Å². The molecule has 1 aliphatic carbocycles. The fourth-order valence-electron chi connectivity index (χ4n) is 2.61. The van der Waals surface area contributed by atoms with Gasteiger partial charge < -0.3 is 9.47 Å². The minimum absolute atomic E-state index is 0.109. The molecule has 3 rings (SSSR count). The topological polar surface area (TPSA) is 69.7 Å². The van der Waals surface area contributed by atoms with Gasteiger partial charge in [-0.1, -0.05) is 36.8 Å². The summed E-state index contributed by atoms with van der Waals surface area (Å²) in [6, 6.07) is 12.6. The molecule has 1 atom stereocenters. The largest absolute Gasteiger partial charge is 0.489 e. The summed E-state index contributed by atoms with van der Waals surface area (Å²) in [5.74, 6) is -1.06. The van der Waals surface area contributed by atoms with Crippen LogP contribution in [0, 0.1) is 6.92 Å². The molecule has 1 unspecified atom stereocenters. The summed E-state index contributed by atoms with van der Waals surface area (Å²) in [6.07, 6.45) is -1.26. The second kappa shape index (κ2) is 6.89. The number of ether oxygens (including phenoxy) is 2. The molecule has 0 amide bonds. The predicted octanol–water partition coefficient (Wildman–Crippen LogP) is 3.27. The highest BCUT2D eigenvalue weighted by Gasteiger charge is 2.41. The number of rotatable bonds is 5. The smallest absolute Gasteiger partial charge is 0.306 e. The maximum atomic E-state index is 12.4. The van der Waals surface area contributed by atoms with E-state index in [9.17, 15) is 14.4 Å². The molecule has 2 aromatic rings. The number of hydrogen-bond acceptors (Lipinski definition) is 5. The highest BCUT2D eigenvalue weighted by molar-refractivity contribution is 6.29. The normalized spacial score (nSPS) is 15.8. The van der Waals surface area contributed by atoms with Gasteiger partial charge in [0, 0.05) is 17.5 Å². The molecule has 5 nitrogen and oxygen atoms in total. The molecule has 0 N–H and O–H groups in total. The number of hydrogen-bond donors (Lipinski definition) is 0. The van der Waals surface area contributed by atoms with Crippen molar-refractivity contribution in [2.24, 2.45) is 0 Å². The van der Waals surface area contributed by atoms with Crippen LogP contribution in [0.15, 0.2) is 42.5 Å². The lowest BCUT2D eigenvalue weighted by Gasteiger charge is -2.08. The van der Waals surface area contributed by atoms with E-state index in [1.807, 2.05) is 31.2 Å². The van der Waals surface area contributed by atoms with Crippen LogP contribution in [0.2, 0.25) is 0 Å². The van der Waals surface area contributed by atoms with E-state index in [2.05, 4.69) is 0 Å². The number of carbonyl (C=O) groups excluding carboxylic acids is 3. The Hall–Kier alpha value is -2.95. The third-order valence-electron chi connectivity index (χ3n) is 4.06. The number of aryl methyl sites for hydroxylation is 1. The maximum absolute atomic E-state index is 12.4. The van der Waals surface area contributed by atoms with E-state index < -0.39 is 23.6 Å². The van der Waals surface area contributed by atoms with Crippen molar-refractivity contribution in [3.05, 3.63) is 64.7 Å². The highest BCUT2D eigenvalue weighted by atomic mass is 16.6. The van der Waals surface area contributed by atoms with Crippen molar-refractivity contribution in [3.8, 4) is 5.75 Å². The van der Waals surface area contributed by atoms with Crippen molar-refractivity contribution in [3.63, 3.8) is 0 Å². The third kappa shape index (κ3) is 3.45. The number of fused-ring (bicyclic) bond motifs is 1. The number of carbonyl (C=O) groups is 3. The zero-order valence-electron chi connectivity index (χ0n) is 14.1. The van der Waals surface area contributed by atoms with Crippen LogP contribution in [0.1, 0.15) is 45.2 Å². The Morgan fingerprint density at radius 3 is 2.36 bits per heavy atom. The number of ketones is 2. The van der Waals surface area contributed by atoms with E-state index >= 15 is 0 Å². The summed E-state index contributed by atoms with van der Waals surface area (Å²) in [5, 5.41) is 0. The molecule has 25 heavy (non-hydrogen) atoms. The maximum Gasteiger partial charge on any atom is 0.306 e. The van der Waals surface area contributed by atoms with E-state index in [0.717, 1.165) is 11.1 Å². The van der Waals surface area contributed by atoms with Crippen molar-refractivity contribution in [1.82, 2.24) is 0 Å². The molecule has 0 saturated carbocycles. The van der Waals surface area contributed by atoms with Crippen molar-refractivity contribution in [1.29, 1.82) is 0 Å². The molecule has 5 heteroatoms. The Bertz CT molecular complexity index is 836. The van der Waals surface area contributed by atoms with Gasteiger partial charge in [0.2, 0.25) is 17.7 Å². The van der Waals surface area contributed by atoms with Gasteiger partial charge in [-0.25, -0.2) is 0 Å². The molecule has 0 aliphatic heterocycles. The van der Waals surface area contributed by atoms with Crippen molar-refractivity contribution in [2.45, 2.75) is 33.0 Å². The Balaban J connectivity index is 1.75. The summed E-state index contributed by atoms with van der Waals surface area (Å²) >= 11 is 0. The summed E-state index contributed by atoms with van der Waals surface area (Å²) < 4.78 is 10.7. The van der Waals surface area contributed by atoms with Crippen LogP contribution in [0.25, 0.3) is 0 Å². The molecule has 1 aliphatic rings. The quantitative estimate of drug-likeness (QED) is 0.618. The van der Waals surface area contributed by atoms with Gasteiger partial charge in [-0.3, -0.25) is 14.4 Å². The summed E-state index contributed by atoms with van der Waals surface area (Å²) in [7, 11) is 0. The molecule has 0 heterocycles. The van der Waals surface area contributed by atoms with Crippen molar-refractivity contribution < 1.29 is 23.9 Å². The average molecular weight is 338 g/mol. The van der Waals surface area contributed by atoms with Gasteiger partial charge in [0.1, 0.15) is 12.4 Å². The van der Waals surface area contributed by atoms with E-state index in [0.29, 0.717) is 12.4 Å². The molecule has 0 aromatic heterocycles. The highest BCUT2D eigenvalue weighted by Crippen LogP contribution is 2.28. The average Bonchev–Trinajstić information content (AvgIpc) is 2.85. The second-order valence-electron chi connectivity index (χ2n) is 5.93. The number of Topliss-reactive ketones (excluding diaryl/α,β-unsaturated/α-hetero) is 2. The lowest BCUT2D eigenvalue weighted by Crippen LogP contribution is -2.28. The molecule has 0 bridgehead atoms. The van der Waals surface area contributed by atoms with Crippen LogP contribution in [0.3, 0.4) is 0 Å². The van der Waals surface area contributed by atoms with Gasteiger partial charge in [-0.2, -0.15) is 0 Å². The standard InChI is InChI=1S/C20H18O5/c1-3-17(21)25-20-18(22)15-9-8-14(10-16(15)19(20)23)24-11-13-6-4-12(2)5-7-13/h4-10,20H,3,11H2,1-2H3. The van der Waals surface area contributed by atoms with Gasteiger partial charge in [0.15, 0.2) is 0 Å². The second-order valence-corrected chi connectivity index (χ2v) is 5.93. The van der Waals surface area contributed by atoms with E-state index in [1.165, 1.54) is 6.07 Å².